The fourth-order valence-corrected chi connectivity index (χ4v) is 3.12. The average molecular weight is 284 g/mol. The highest BCUT2D eigenvalue weighted by Gasteiger charge is 2.31. The van der Waals surface area contributed by atoms with Crippen molar-refractivity contribution in [1.82, 2.24) is 15.1 Å². The molecule has 2 heterocycles. The predicted octanol–water partition coefficient (Wildman–Crippen LogP) is 2.34. The normalized spacial score (nSPS) is 16.8. The lowest BCUT2D eigenvalue weighted by molar-refractivity contribution is 0.415. The van der Waals surface area contributed by atoms with Crippen molar-refractivity contribution in [2.45, 2.75) is 18.9 Å². The van der Waals surface area contributed by atoms with Gasteiger partial charge in [0, 0.05) is 11.9 Å². The van der Waals surface area contributed by atoms with Gasteiger partial charge in [-0.15, -0.1) is 11.3 Å². The Hall–Kier alpha value is -2.05. The topological polar surface area (TPSA) is 77.8 Å². The summed E-state index contributed by atoms with van der Waals surface area (Å²) in [5.41, 5.74) is 8.93. The molecule has 0 fully saturated rings. The third kappa shape index (κ3) is 1.76. The number of hydrogen-bond donors (Lipinski definition) is 1. The van der Waals surface area contributed by atoms with E-state index < -0.39 is 0 Å². The van der Waals surface area contributed by atoms with Gasteiger partial charge in [-0.05, 0) is 17.5 Å². The summed E-state index contributed by atoms with van der Waals surface area (Å²) in [6.45, 7) is 0.432. The molecule has 1 atom stereocenters. The van der Waals surface area contributed by atoms with Crippen LogP contribution in [0.25, 0.3) is 11.6 Å². The Bertz CT molecular complexity index is 764. The van der Waals surface area contributed by atoms with E-state index in [0.717, 1.165) is 17.3 Å². The van der Waals surface area contributed by atoms with Gasteiger partial charge in [0.05, 0.1) is 5.92 Å². The number of rotatable bonds is 3. The van der Waals surface area contributed by atoms with E-state index in [9.17, 15) is 0 Å². The summed E-state index contributed by atoms with van der Waals surface area (Å²) < 4.78 is 5.32. The van der Waals surface area contributed by atoms with E-state index in [-0.39, 0.29) is 5.92 Å². The van der Waals surface area contributed by atoms with E-state index in [1.54, 1.807) is 0 Å². The van der Waals surface area contributed by atoms with Gasteiger partial charge >= 0.3 is 0 Å². The summed E-state index contributed by atoms with van der Waals surface area (Å²) in [4.78, 5) is 8.83. The van der Waals surface area contributed by atoms with E-state index in [2.05, 4.69) is 33.3 Å². The molecule has 1 aromatic carbocycles. The van der Waals surface area contributed by atoms with Crippen molar-refractivity contribution in [1.29, 1.82) is 0 Å². The molecule has 100 valence electrons. The summed E-state index contributed by atoms with van der Waals surface area (Å²) in [5, 5.41) is 6.86. The molecule has 5 nitrogen and oxygen atoms in total. The largest absolute Gasteiger partial charge is 0.332 e. The van der Waals surface area contributed by atoms with Crippen molar-refractivity contribution in [3.8, 4) is 11.6 Å². The molecule has 0 aliphatic heterocycles. The van der Waals surface area contributed by atoms with Gasteiger partial charge in [-0.3, -0.25) is 0 Å². The highest BCUT2D eigenvalue weighted by molar-refractivity contribution is 7.09. The van der Waals surface area contributed by atoms with E-state index in [1.807, 2.05) is 11.4 Å². The minimum absolute atomic E-state index is 0.247. The smallest absolute Gasteiger partial charge is 0.277 e. The number of benzene rings is 1. The van der Waals surface area contributed by atoms with Crippen LogP contribution in [0, 0.1) is 0 Å². The van der Waals surface area contributed by atoms with Crippen molar-refractivity contribution in [3.05, 3.63) is 51.6 Å². The maximum atomic E-state index is 5.56. The molecule has 2 N–H and O–H groups in total. The number of aromatic nitrogens is 3. The average Bonchev–Trinajstić information content (AvgIpc) is 3.08. The summed E-state index contributed by atoms with van der Waals surface area (Å²) in [5.74, 6) is 1.46. The van der Waals surface area contributed by atoms with Crippen molar-refractivity contribution in [2.75, 3.05) is 0 Å². The van der Waals surface area contributed by atoms with Gasteiger partial charge in [0.2, 0.25) is 0 Å². The van der Waals surface area contributed by atoms with Crippen LogP contribution < -0.4 is 5.73 Å². The van der Waals surface area contributed by atoms with Crippen LogP contribution in [0.3, 0.4) is 0 Å². The molecule has 20 heavy (non-hydrogen) atoms. The maximum Gasteiger partial charge on any atom is 0.277 e. The Labute approximate surface area is 119 Å². The number of fused-ring (bicyclic) bond motifs is 1. The van der Waals surface area contributed by atoms with Gasteiger partial charge in [-0.1, -0.05) is 29.4 Å². The molecule has 4 rings (SSSR count). The van der Waals surface area contributed by atoms with Crippen LogP contribution in [0.5, 0.6) is 0 Å². The first-order chi connectivity index (χ1) is 9.85. The molecule has 1 aliphatic rings. The first-order valence-electron chi connectivity index (χ1n) is 6.41. The van der Waals surface area contributed by atoms with E-state index in [0.29, 0.717) is 18.1 Å². The second-order valence-electron chi connectivity index (χ2n) is 4.74. The minimum Gasteiger partial charge on any atom is -0.332 e. The Morgan fingerprint density at radius 1 is 1.30 bits per heavy atom. The summed E-state index contributed by atoms with van der Waals surface area (Å²) in [6.07, 6.45) is 0.972. The fraction of sp³-hybridized carbons (Fsp3) is 0.214. The zero-order valence-corrected chi connectivity index (χ0v) is 11.4. The van der Waals surface area contributed by atoms with Crippen LogP contribution in [-0.4, -0.2) is 15.1 Å². The number of thiazole rings is 1. The molecule has 1 unspecified atom stereocenters. The Morgan fingerprint density at radius 2 is 2.20 bits per heavy atom. The van der Waals surface area contributed by atoms with E-state index >= 15 is 0 Å². The second-order valence-corrected chi connectivity index (χ2v) is 5.69. The second kappa shape index (κ2) is 4.50. The number of nitrogens with zero attached hydrogens (tertiary/aromatic N) is 3. The number of nitrogens with two attached hydrogens (primary N) is 1. The van der Waals surface area contributed by atoms with Crippen molar-refractivity contribution < 1.29 is 4.52 Å². The van der Waals surface area contributed by atoms with Crippen molar-refractivity contribution in [3.63, 3.8) is 0 Å². The van der Waals surface area contributed by atoms with E-state index in [4.69, 9.17) is 10.3 Å². The van der Waals surface area contributed by atoms with Gasteiger partial charge in [0.25, 0.3) is 5.89 Å². The van der Waals surface area contributed by atoms with Gasteiger partial charge < -0.3 is 10.3 Å². The molecular weight excluding hydrogens is 272 g/mol. The highest BCUT2D eigenvalue weighted by Crippen LogP contribution is 2.39. The van der Waals surface area contributed by atoms with Crippen LogP contribution >= 0.6 is 11.3 Å². The first kappa shape index (κ1) is 11.7. The molecule has 3 aromatic rings. The Morgan fingerprint density at radius 3 is 3.00 bits per heavy atom. The molecule has 0 spiro atoms. The van der Waals surface area contributed by atoms with Gasteiger partial charge in [0.1, 0.15) is 10.7 Å². The van der Waals surface area contributed by atoms with Crippen LogP contribution in [0.4, 0.5) is 0 Å². The molecule has 0 amide bonds. The van der Waals surface area contributed by atoms with Gasteiger partial charge in [-0.2, -0.15) is 4.98 Å². The lowest BCUT2D eigenvalue weighted by atomic mass is 9.77. The molecule has 0 radical (unpaired) electrons. The monoisotopic (exact) mass is 284 g/mol. The predicted molar refractivity (Wildman–Crippen MR) is 75.3 cm³/mol. The quantitative estimate of drug-likeness (QED) is 0.798. The van der Waals surface area contributed by atoms with Crippen LogP contribution in [0.2, 0.25) is 0 Å². The van der Waals surface area contributed by atoms with Crippen molar-refractivity contribution >= 4 is 11.3 Å². The summed E-state index contributed by atoms with van der Waals surface area (Å²) >= 11 is 1.51. The summed E-state index contributed by atoms with van der Waals surface area (Å²) in [6, 6.07) is 8.36. The zero-order chi connectivity index (χ0) is 13.5. The molecule has 6 heteroatoms. The standard InChI is InChI=1S/C14H12N4OS/c15-6-12-16-11(7-20-12)14-17-13(18-19-14)10-5-8-3-1-2-4-9(8)10/h1-4,7,10H,5-6,15H2. The van der Waals surface area contributed by atoms with Crippen LogP contribution in [0.15, 0.2) is 34.2 Å². The Kier molecular flexibility index (Phi) is 2.64. The maximum absolute atomic E-state index is 5.56. The lowest BCUT2D eigenvalue weighted by Crippen LogP contribution is -2.19. The lowest BCUT2D eigenvalue weighted by Gasteiger charge is -2.27. The SMILES string of the molecule is NCc1nc(-c2nc(C3Cc4ccccc43)no2)cs1. The molecule has 0 bridgehead atoms. The fourth-order valence-electron chi connectivity index (χ4n) is 2.47. The van der Waals surface area contributed by atoms with E-state index in [1.165, 1.54) is 22.5 Å². The zero-order valence-electron chi connectivity index (χ0n) is 10.6. The molecule has 2 aromatic heterocycles. The molecular formula is C14H12N4OS. The molecule has 1 aliphatic carbocycles. The van der Waals surface area contributed by atoms with Crippen LogP contribution in [0.1, 0.15) is 27.9 Å². The number of hydrogen-bond acceptors (Lipinski definition) is 6. The third-order valence-corrected chi connectivity index (χ3v) is 4.42. The van der Waals surface area contributed by atoms with Crippen molar-refractivity contribution in [2.24, 2.45) is 5.73 Å². The molecule has 0 saturated carbocycles. The molecule has 0 saturated heterocycles. The minimum atomic E-state index is 0.247. The van der Waals surface area contributed by atoms with Gasteiger partial charge in [0.15, 0.2) is 5.82 Å². The van der Waals surface area contributed by atoms with Crippen LogP contribution in [-0.2, 0) is 13.0 Å². The third-order valence-electron chi connectivity index (χ3n) is 3.55. The highest BCUT2D eigenvalue weighted by atomic mass is 32.1. The Balaban J connectivity index is 1.63. The van der Waals surface area contributed by atoms with Gasteiger partial charge in [-0.25, -0.2) is 4.98 Å². The summed E-state index contributed by atoms with van der Waals surface area (Å²) in [7, 11) is 0. The first-order valence-corrected chi connectivity index (χ1v) is 7.29.